The van der Waals surface area contributed by atoms with E-state index in [2.05, 4.69) is 15.2 Å². The van der Waals surface area contributed by atoms with Gasteiger partial charge in [-0.15, -0.1) is 10.2 Å². The van der Waals surface area contributed by atoms with E-state index in [1.54, 1.807) is 19.1 Å². The monoisotopic (exact) mass is 288 g/mol. The summed E-state index contributed by atoms with van der Waals surface area (Å²) in [6, 6.07) is 3.16. The standard InChI is InChI=1S/C10H7Cl3N4/c1-4-15-10(14)9(17-16-4)6-2-5(11)3-7(12)8(6)13/h2-3H,1H3,(H2,14,15,16). The zero-order chi connectivity index (χ0) is 12.6. The molecule has 0 atom stereocenters. The predicted molar refractivity (Wildman–Crippen MR) is 69.4 cm³/mol. The van der Waals surface area contributed by atoms with Gasteiger partial charge in [-0.05, 0) is 19.1 Å². The summed E-state index contributed by atoms with van der Waals surface area (Å²) in [5.74, 6) is 0.716. The molecule has 0 spiro atoms. The SMILES string of the molecule is Cc1nnc(-c2cc(Cl)cc(Cl)c2Cl)c(N)n1. The molecular formula is C10H7Cl3N4. The molecule has 2 N–H and O–H groups in total. The minimum Gasteiger partial charge on any atom is -0.382 e. The van der Waals surface area contributed by atoms with E-state index in [-0.39, 0.29) is 5.82 Å². The molecule has 0 radical (unpaired) electrons. The van der Waals surface area contributed by atoms with E-state index >= 15 is 0 Å². The van der Waals surface area contributed by atoms with Crippen molar-refractivity contribution in [3.05, 3.63) is 33.0 Å². The van der Waals surface area contributed by atoms with E-state index in [9.17, 15) is 0 Å². The highest BCUT2D eigenvalue weighted by atomic mass is 35.5. The maximum atomic E-state index is 6.07. The number of aryl methyl sites for hydroxylation is 1. The molecule has 2 aromatic rings. The first-order valence-electron chi connectivity index (χ1n) is 4.60. The van der Waals surface area contributed by atoms with Crippen LogP contribution in [-0.4, -0.2) is 15.2 Å². The first kappa shape index (κ1) is 12.4. The fourth-order valence-electron chi connectivity index (χ4n) is 1.34. The average Bonchev–Trinajstić information content (AvgIpc) is 2.24. The van der Waals surface area contributed by atoms with Crippen LogP contribution in [0, 0.1) is 6.92 Å². The van der Waals surface area contributed by atoms with Crippen molar-refractivity contribution in [2.45, 2.75) is 6.92 Å². The van der Waals surface area contributed by atoms with Crippen LogP contribution < -0.4 is 5.73 Å². The molecule has 0 saturated carbocycles. The van der Waals surface area contributed by atoms with Crippen LogP contribution in [-0.2, 0) is 0 Å². The molecule has 4 nitrogen and oxygen atoms in total. The van der Waals surface area contributed by atoms with Gasteiger partial charge >= 0.3 is 0 Å². The largest absolute Gasteiger partial charge is 0.382 e. The number of nitrogens with zero attached hydrogens (tertiary/aromatic N) is 3. The van der Waals surface area contributed by atoms with Gasteiger partial charge in [0.1, 0.15) is 11.5 Å². The van der Waals surface area contributed by atoms with Gasteiger partial charge < -0.3 is 5.73 Å². The number of halogens is 3. The van der Waals surface area contributed by atoms with Gasteiger partial charge in [0.05, 0.1) is 10.0 Å². The van der Waals surface area contributed by atoms with Crippen molar-refractivity contribution in [1.82, 2.24) is 15.2 Å². The fourth-order valence-corrected chi connectivity index (χ4v) is 2.04. The quantitative estimate of drug-likeness (QED) is 0.817. The lowest BCUT2D eigenvalue weighted by Gasteiger charge is -2.07. The summed E-state index contributed by atoms with van der Waals surface area (Å²) < 4.78 is 0. The van der Waals surface area contributed by atoms with Crippen LogP contribution in [0.15, 0.2) is 12.1 Å². The summed E-state index contributed by atoms with van der Waals surface area (Å²) >= 11 is 17.9. The summed E-state index contributed by atoms with van der Waals surface area (Å²) in [4.78, 5) is 4.01. The Morgan fingerprint density at radius 1 is 1.12 bits per heavy atom. The molecule has 1 aromatic heterocycles. The van der Waals surface area contributed by atoms with Crippen molar-refractivity contribution in [1.29, 1.82) is 0 Å². The number of nitrogen functional groups attached to an aromatic ring is 1. The van der Waals surface area contributed by atoms with Crippen molar-refractivity contribution in [2.24, 2.45) is 0 Å². The number of hydrogen-bond acceptors (Lipinski definition) is 4. The van der Waals surface area contributed by atoms with E-state index < -0.39 is 0 Å². The van der Waals surface area contributed by atoms with Crippen molar-refractivity contribution in [3.63, 3.8) is 0 Å². The summed E-state index contributed by atoms with van der Waals surface area (Å²) in [5, 5.41) is 8.88. The average molecular weight is 290 g/mol. The van der Waals surface area contributed by atoms with Gasteiger partial charge in [0, 0.05) is 10.6 Å². The molecule has 0 amide bonds. The van der Waals surface area contributed by atoms with Crippen molar-refractivity contribution < 1.29 is 0 Å². The second-order valence-electron chi connectivity index (χ2n) is 3.34. The van der Waals surface area contributed by atoms with Gasteiger partial charge in [0.25, 0.3) is 0 Å². The zero-order valence-electron chi connectivity index (χ0n) is 8.71. The third kappa shape index (κ3) is 2.44. The maximum Gasteiger partial charge on any atom is 0.154 e. The highest BCUT2D eigenvalue weighted by Crippen LogP contribution is 2.36. The van der Waals surface area contributed by atoms with Gasteiger partial charge in [-0.2, -0.15) is 0 Å². The highest BCUT2D eigenvalue weighted by molar-refractivity contribution is 6.45. The summed E-state index contributed by atoms with van der Waals surface area (Å²) in [6.45, 7) is 1.69. The first-order valence-corrected chi connectivity index (χ1v) is 5.74. The van der Waals surface area contributed by atoms with Crippen LogP contribution in [0.25, 0.3) is 11.3 Å². The lowest BCUT2D eigenvalue weighted by atomic mass is 10.1. The molecule has 88 valence electrons. The third-order valence-electron chi connectivity index (χ3n) is 2.07. The minimum absolute atomic E-state index is 0.234. The number of anilines is 1. The molecular weight excluding hydrogens is 282 g/mol. The van der Waals surface area contributed by atoms with E-state index in [1.807, 2.05) is 0 Å². The van der Waals surface area contributed by atoms with Gasteiger partial charge in [-0.25, -0.2) is 4.98 Å². The molecule has 2 rings (SSSR count). The molecule has 1 aromatic carbocycles. The summed E-state index contributed by atoms with van der Waals surface area (Å²) in [7, 11) is 0. The van der Waals surface area contributed by atoms with Gasteiger partial charge in [0.15, 0.2) is 5.82 Å². The second kappa shape index (κ2) is 4.64. The molecule has 7 heteroatoms. The van der Waals surface area contributed by atoms with Gasteiger partial charge in [0.2, 0.25) is 0 Å². The van der Waals surface area contributed by atoms with Crippen LogP contribution in [0.2, 0.25) is 15.1 Å². The van der Waals surface area contributed by atoms with Crippen LogP contribution in [0.3, 0.4) is 0 Å². The Morgan fingerprint density at radius 2 is 1.82 bits per heavy atom. The highest BCUT2D eigenvalue weighted by Gasteiger charge is 2.14. The normalized spacial score (nSPS) is 10.6. The van der Waals surface area contributed by atoms with Gasteiger partial charge in [-0.3, -0.25) is 0 Å². The van der Waals surface area contributed by atoms with Crippen molar-refractivity contribution in [3.8, 4) is 11.3 Å². The topological polar surface area (TPSA) is 64.7 Å². The fraction of sp³-hybridized carbons (Fsp3) is 0.100. The molecule has 0 fully saturated rings. The molecule has 0 unspecified atom stereocenters. The Balaban J connectivity index is 2.68. The Hall–Kier alpha value is -1.10. The minimum atomic E-state index is 0.234. The molecule has 0 aliphatic rings. The molecule has 0 bridgehead atoms. The molecule has 0 aliphatic carbocycles. The van der Waals surface area contributed by atoms with Crippen LogP contribution >= 0.6 is 34.8 Å². The van der Waals surface area contributed by atoms with Crippen LogP contribution in [0.5, 0.6) is 0 Å². The lowest BCUT2D eigenvalue weighted by Crippen LogP contribution is -2.02. The zero-order valence-corrected chi connectivity index (χ0v) is 11.0. The van der Waals surface area contributed by atoms with Crippen LogP contribution in [0.4, 0.5) is 5.82 Å². The van der Waals surface area contributed by atoms with E-state index in [0.717, 1.165) is 0 Å². The number of benzene rings is 1. The van der Waals surface area contributed by atoms with Crippen molar-refractivity contribution >= 4 is 40.6 Å². The molecule has 1 heterocycles. The summed E-state index contributed by atoms with van der Waals surface area (Å²) in [5.41, 5.74) is 6.65. The number of nitrogens with two attached hydrogens (primary N) is 1. The van der Waals surface area contributed by atoms with Crippen molar-refractivity contribution in [2.75, 3.05) is 5.73 Å². The summed E-state index contributed by atoms with van der Waals surface area (Å²) in [6.07, 6.45) is 0. The molecule has 17 heavy (non-hydrogen) atoms. The maximum absolute atomic E-state index is 6.07. The Kier molecular flexibility index (Phi) is 3.38. The first-order chi connectivity index (χ1) is 7.99. The Morgan fingerprint density at radius 3 is 2.47 bits per heavy atom. The smallest absolute Gasteiger partial charge is 0.154 e. The van der Waals surface area contributed by atoms with E-state index in [1.165, 1.54) is 0 Å². The van der Waals surface area contributed by atoms with Crippen LogP contribution in [0.1, 0.15) is 5.82 Å². The number of rotatable bonds is 1. The van der Waals surface area contributed by atoms with E-state index in [4.69, 9.17) is 40.5 Å². The van der Waals surface area contributed by atoms with Gasteiger partial charge in [-0.1, -0.05) is 34.8 Å². The third-order valence-corrected chi connectivity index (χ3v) is 3.09. The molecule has 0 saturated heterocycles. The second-order valence-corrected chi connectivity index (χ2v) is 4.56. The van der Waals surface area contributed by atoms with E-state index in [0.29, 0.717) is 32.1 Å². The lowest BCUT2D eigenvalue weighted by molar-refractivity contribution is 0.920. The predicted octanol–water partition coefficient (Wildman–Crippen LogP) is 3.39. The Labute approximate surface area is 113 Å². The Bertz CT molecular complexity index is 586. The number of hydrogen-bond donors (Lipinski definition) is 1. The molecule has 0 aliphatic heterocycles. The number of aromatic nitrogens is 3.